The molecule has 1 aromatic rings. The van der Waals surface area contributed by atoms with Gasteiger partial charge in [-0.15, -0.1) is 0 Å². The average Bonchev–Trinajstić information content (AvgIpc) is 2.62. The van der Waals surface area contributed by atoms with Gasteiger partial charge in [0.05, 0.1) is 5.75 Å². The van der Waals surface area contributed by atoms with Crippen LogP contribution in [0.25, 0.3) is 0 Å². The number of likely N-dealkylation sites (tertiary alicyclic amines) is 1. The Hall–Kier alpha value is -1.44. The lowest BCUT2D eigenvalue weighted by Crippen LogP contribution is -2.47. The SMILES string of the molecule is CN1CCN(S(=O)(=O)Cc2ccc(C(=O)N3CCCCC3)cc2)CC1. The minimum atomic E-state index is -3.30. The van der Waals surface area contributed by atoms with Crippen molar-refractivity contribution in [1.29, 1.82) is 0 Å². The predicted octanol–water partition coefficient (Wildman–Crippen LogP) is 1.39. The summed E-state index contributed by atoms with van der Waals surface area (Å²) in [5, 5.41) is 0. The Labute approximate surface area is 150 Å². The molecule has 2 fully saturated rings. The minimum Gasteiger partial charge on any atom is -0.339 e. The summed E-state index contributed by atoms with van der Waals surface area (Å²) in [5.74, 6) is 0.0442. The van der Waals surface area contributed by atoms with Crippen LogP contribution in [0.1, 0.15) is 35.2 Å². The number of nitrogens with zero attached hydrogens (tertiary/aromatic N) is 3. The molecule has 2 heterocycles. The monoisotopic (exact) mass is 365 g/mol. The smallest absolute Gasteiger partial charge is 0.253 e. The summed E-state index contributed by atoms with van der Waals surface area (Å²) in [7, 11) is -1.30. The number of amides is 1. The molecule has 7 heteroatoms. The van der Waals surface area contributed by atoms with Gasteiger partial charge in [0.15, 0.2) is 0 Å². The largest absolute Gasteiger partial charge is 0.339 e. The summed E-state index contributed by atoms with van der Waals surface area (Å²) >= 11 is 0. The second-order valence-electron chi connectivity index (χ2n) is 7.01. The van der Waals surface area contributed by atoms with Crippen LogP contribution in [0.2, 0.25) is 0 Å². The zero-order chi connectivity index (χ0) is 17.9. The van der Waals surface area contributed by atoms with Crippen molar-refractivity contribution in [1.82, 2.24) is 14.1 Å². The number of piperazine rings is 1. The van der Waals surface area contributed by atoms with Crippen molar-refractivity contribution < 1.29 is 13.2 Å². The van der Waals surface area contributed by atoms with Crippen molar-refractivity contribution >= 4 is 15.9 Å². The van der Waals surface area contributed by atoms with E-state index in [2.05, 4.69) is 4.90 Å². The van der Waals surface area contributed by atoms with Crippen LogP contribution in [-0.2, 0) is 15.8 Å². The third kappa shape index (κ3) is 4.59. The maximum atomic E-state index is 12.6. The summed E-state index contributed by atoms with van der Waals surface area (Å²) in [6, 6.07) is 7.05. The molecule has 1 amide bonds. The molecule has 2 saturated heterocycles. The molecule has 0 unspecified atom stereocenters. The summed E-state index contributed by atoms with van der Waals surface area (Å²) in [4.78, 5) is 16.5. The van der Waals surface area contributed by atoms with Crippen molar-refractivity contribution in [2.75, 3.05) is 46.3 Å². The quantitative estimate of drug-likeness (QED) is 0.809. The lowest BCUT2D eigenvalue weighted by molar-refractivity contribution is 0.0724. The highest BCUT2D eigenvalue weighted by Gasteiger charge is 2.26. The molecule has 0 radical (unpaired) electrons. The zero-order valence-electron chi connectivity index (χ0n) is 14.9. The highest BCUT2D eigenvalue weighted by atomic mass is 32.2. The molecule has 0 aromatic heterocycles. The van der Waals surface area contributed by atoms with E-state index in [-0.39, 0.29) is 11.7 Å². The van der Waals surface area contributed by atoms with Crippen LogP contribution in [0, 0.1) is 0 Å². The Morgan fingerprint density at radius 2 is 1.52 bits per heavy atom. The number of hydrogen-bond acceptors (Lipinski definition) is 4. The van der Waals surface area contributed by atoms with E-state index in [0.717, 1.165) is 44.6 Å². The van der Waals surface area contributed by atoms with Crippen LogP contribution in [0.4, 0.5) is 0 Å². The lowest BCUT2D eigenvalue weighted by Gasteiger charge is -2.31. The van der Waals surface area contributed by atoms with Gasteiger partial charge in [0.1, 0.15) is 0 Å². The van der Waals surface area contributed by atoms with Gasteiger partial charge in [-0.25, -0.2) is 8.42 Å². The number of rotatable bonds is 4. The number of carbonyl (C=O) groups excluding carboxylic acids is 1. The van der Waals surface area contributed by atoms with Crippen LogP contribution < -0.4 is 0 Å². The Kier molecular flexibility index (Phi) is 5.76. The van der Waals surface area contributed by atoms with E-state index >= 15 is 0 Å². The predicted molar refractivity (Wildman–Crippen MR) is 97.9 cm³/mol. The van der Waals surface area contributed by atoms with Crippen LogP contribution in [0.3, 0.4) is 0 Å². The van der Waals surface area contributed by atoms with Crippen molar-refractivity contribution in [3.05, 3.63) is 35.4 Å². The Bertz CT molecular complexity index is 689. The van der Waals surface area contributed by atoms with Crippen molar-refractivity contribution in [3.8, 4) is 0 Å². The highest BCUT2D eigenvalue weighted by Crippen LogP contribution is 2.16. The number of piperidine rings is 1. The van der Waals surface area contributed by atoms with Crippen molar-refractivity contribution in [3.63, 3.8) is 0 Å². The van der Waals surface area contributed by atoms with Crippen LogP contribution >= 0.6 is 0 Å². The van der Waals surface area contributed by atoms with Crippen molar-refractivity contribution in [2.24, 2.45) is 0 Å². The maximum absolute atomic E-state index is 12.6. The fraction of sp³-hybridized carbons (Fsp3) is 0.611. The summed E-state index contributed by atoms with van der Waals surface area (Å²) in [6.45, 7) is 4.26. The molecule has 0 atom stereocenters. The van der Waals surface area contributed by atoms with E-state index in [0.29, 0.717) is 18.7 Å². The van der Waals surface area contributed by atoms with Gasteiger partial charge in [0, 0.05) is 44.8 Å². The molecule has 2 aliphatic rings. The zero-order valence-corrected chi connectivity index (χ0v) is 15.7. The van der Waals surface area contributed by atoms with Crippen LogP contribution in [-0.4, -0.2) is 74.7 Å². The molecule has 3 rings (SSSR count). The molecule has 6 nitrogen and oxygen atoms in total. The first-order valence-corrected chi connectivity index (χ1v) is 10.6. The van der Waals surface area contributed by atoms with Crippen LogP contribution in [0.5, 0.6) is 0 Å². The second-order valence-corrected chi connectivity index (χ2v) is 8.98. The van der Waals surface area contributed by atoms with E-state index in [1.165, 1.54) is 6.42 Å². The second kappa shape index (κ2) is 7.85. The molecule has 0 N–H and O–H groups in total. The molecule has 1 aromatic carbocycles. The summed E-state index contributed by atoms with van der Waals surface area (Å²) in [6.07, 6.45) is 3.31. The minimum absolute atomic E-state index is 0.00506. The molecule has 0 bridgehead atoms. The standard InChI is InChI=1S/C18H27N3O3S/c1-19-11-13-21(14-12-19)25(23,24)15-16-5-7-17(8-6-16)18(22)20-9-3-2-4-10-20/h5-8H,2-4,9-15H2,1H3. The molecule has 0 aliphatic carbocycles. The number of sulfonamides is 1. The Balaban J connectivity index is 1.63. The van der Waals surface area contributed by atoms with Crippen molar-refractivity contribution in [2.45, 2.75) is 25.0 Å². The van der Waals surface area contributed by atoms with E-state index in [1.807, 2.05) is 11.9 Å². The molecular weight excluding hydrogens is 338 g/mol. The normalized spacial score (nSPS) is 20.6. The first-order chi connectivity index (χ1) is 12.0. The fourth-order valence-corrected chi connectivity index (χ4v) is 4.91. The molecule has 0 saturated carbocycles. The topological polar surface area (TPSA) is 60.9 Å². The summed E-state index contributed by atoms with van der Waals surface area (Å²) in [5.41, 5.74) is 1.37. The molecule has 2 aliphatic heterocycles. The van der Waals surface area contributed by atoms with Gasteiger partial charge in [-0.3, -0.25) is 4.79 Å². The van der Waals surface area contributed by atoms with E-state index in [9.17, 15) is 13.2 Å². The number of carbonyl (C=O) groups is 1. The third-order valence-electron chi connectivity index (χ3n) is 5.05. The number of hydrogen-bond donors (Lipinski definition) is 0. The van der Waals surface area contributed by atoms with Gasteiger partial charge >= 0.3 is 0 Å². The van der Waals surface area contributed by atoms with Gasteiger partial charge in [0.25, 0.3) is 5.91 Å². The number of likely N-dealkylation sites (N-methyl/N-ethyl adjacent to an activating group) is 1. The first kappa shape index (κ1) is 18.4. The first-order valence-electron chi connectivity index (χ1n) is 9.00. The molecular formula is C18H27N3O3S. The average molecular weight is 365 g/mol. The van der Waals surface area contributed by atoms with E-state index < -0.39 is 10.0 Å². The third-order valence-corrected chi connectivity index (χ3v) is 6.90. The molecule has 25 heavy (non-hydrogen) atoms. The molecule has 138 valence electrons. The van der Waals surface area contributed by atoms with Gasteiger partial charge in [-0.2, -0.15) is 4.31 Å². The van der Waals surface area contributed by atoms with Crippen LogP contribution in [0.15, 0.2) is 24.3 Å². The van der Waals surface area contributed by atoms with E-state index in [4.69, 9.17) is 0 Å². The van der Waals surface area contributed by atoms with Gasteiger partial charge in [0.2, 0.25) is 10.0 Å². The molecule has 0 spiro atoms. The van der Waals surface area contributed by atoms with Gasteiger partial charge in [-0.1, -0.05) is 12.1 Å². The fourth-order valence-electron chi connectivity index (χ4n) is 3.39. The summed E-state index contributed by atoms with van der Waals surface area (Å²) < 4.78 is 26.7. The lowest BCUT2D eigenvalue weighted by atomic mass is 10.1. The van der Waals surface area contributed by atoms with Gasteiger partial charge in [-0.05, 0) is 44.0 Å². The number of benzene rings is 1. The Morgan fingerprint density at radius 1 is 0.920 bits per heavy atom. The highest BCUT2D eigenvalue weighted by molar-refractivity contribution is 7.88. The Morgan fingerprint density at radius 3 is 2.12 bits per heavy atom. The van der Waals surface area contributed by atoms with Gasteiger partial charge < -0.3 is 9.80 Å². The van der Waals surface area contributed by atoms with E-state index in [1.54, 1.807) is 28.6 Å². The maximum Gasteiger partial charge on any atom is 0.253 e.